The fourth-order valence-corrected chi connectivity index (χ4v) is 7.96. The zero-order chi connectivity index (χ0) is 34.8. The van der Waals surface area contributed by atoms with Gasteiger partial charge in [-0.25, -0.2) is 19.2 Å². The summed E-state index contributed by atoms with van der Waals surface area (Å²) in [6.45, 7) is 12.5. The Balaban J connectivity index is 1.02. The average molecular weight is 684 g/mol. The van der Waals surface area contributed by atoms with Crippen LogP contribution in [0.1, 0.15) is 51.5 Å². The van der Waals surface area contributed by atoms with E-state index in [9.17, 15) is 9.90 Å². The summed E-state index contributed by atoms with van der Waals surface area (Å²) < 4.78 is 21.5. The van der Waals surface area contributed by atoms with Gasteiger partial charge in [0.25, 0.3) is 0 Å². The first-order valence-electron chi connectivity index (χ1n) is 18.3. The van der Waals surface area contributed by atoms with Crippen LogP contribution in [0.3, 0.4) is 0 Å². The summed E-state index contributed by atoms with van der Waals surface area (Å²) in [6.07, 6.45) is 6.62. The van der Waals surface area contributed by atoms with Crippen LogP contribution in [0.15, 0.2) is 48.8 Å². The van der Waals surface area contributed by atoms with E-state index >= 15 is 4.39 Å². The number of ether oxygens (including phenoxy) is 1. The fraction of sp³-hybridized carbons (Fsp3) is 0.513. The van der Waals surface area contributed by atoms with Gasteiger partial charge in [0.1, 0.15) is 29.6 Å². The van der Waals surface area contributed by atoms with Crippen LogP contribution in [0.4, 0.5) is 14.9 Å². The Labute approximate surface area is 293 Å². The second-order valence-electron chi connectivity index (χ2n) is 14.9. The number of urea groups is 1. The number of aliphatic hydroxyl groups is 1. The number of carbonyl (C=O) groups excluding carboxylic acids is 1. The molecule has 3 saturated heterocycles. The number of fused-ring (bicyclic) bond motifs is 1. The van der Waals surface area contributed by atoms with Crippen molar-refractivity contribution in [3.8, 4) is 28.3 Å². The molecule has 2 amide bonds. The Kier molecular flexibility index (Phi) is 10.3. The summed E-state index contributed by atoms with van der Waals surface area (Å²) in [5, 5.41) is 17.6. The van der Waals surface area contributed by atoms with Crippen LogP contribution in [-0.4, -0.2) is 93.9 Å². The Hall–Kier alpha value is -4.06. The van der Waals surface area contributed by atoms with Crippen LogP contribution in [0, 0.1) is 30.5 Å². The van der Waals surface area contributed by atoms with Crippen molar-refractivity contribution in [2.24, 2.45) is 17.8 Å². The molecular weight excluding hydrogens is 633 g/mol. The third kappa shape index (κ3) is 7.80. The van der Waals surface area contributed by atoms with Crippen molar-refractivity contribution in [3.63, 3.8) is 0 Å². The number of hydrogen-bond donors (Lipinski definition) is 4. The monoisotopic (exact) mass is 683 g/mol. The van der Waals surface area contributed by atoms with Crippen molar-refractivity contribution in [3.05, 3.63) is 60.2 Å². The summed E-state index contributed by atoms with van der Waals surface area (Å²) in [5.41, 5.74) is 4.69. The molecule has 3 aliphatic heterocycles. The predicted molar refractivity (Wildman–Crippen MR) is 195 cm³/mol. The van der Waals surface area contributed by atoms with Gasteiger partial charge < -0.3 is 35.3 Å². The molecule has 3 fully saturated rings. The summed E-state index contributed by atoms with van der Waals surface area (Å²) in [6, 6.07) is 12.5. The lowest BCUT2D eigenvalue weighted by molar-refractivity contribution is 0.0873. The lowest BCUT2D eigenvalue weighted by Gasteiger charge is -2.35. The van der Waals surface area contributed by atoms with E-state index in [0.717, 1.165) is 73.8 Å². The number of nitrogens with one attached hydrogen (secondary N) is 3. The molecule has 10 nitrogen and oxygen atoms in total. The minimum absolute atomic E-state index is 0.0305. The molecule has 5 heterocycles. The predicted octanol–water partition coefficient (Wildman–Crippen LogP) is 6.45. The summed E-state index contributed by atoms with van der Waals surface area (Å²) >= 11 is 0. The molecule has 2 aromatic carbocycles. The number of benzene rings is 2. The number of amides is 2. The van der Waals surface area contributed by atoms with E-state index in [2.05, 4.69) is 44.3 Å². The molecule has 50 heavy (non-hydrogen) atoms. The van der Waals surface area contributed by atoms with Crippen LogP contribution in [-0.2, 0) is 0 Å². The third-order valence-electron chi connectivity index (χ3n) is 10.7. The summed E-state index contributed by atoms with van der Waals surface area (Å²) in [7, 11) is 0. The Morgan fingerprint density at radius 3 is 2.56 bits per heavy atom. The van der Waals surface area contributed by atoms with Crippen molar-refractivity contribution in [2.75, 3.05) is 51.1 Å². The summed E-state index contributed by atoms with van der Waals surface area (Å²) in [5.74, 6) is 1.65. The number of likely N-dealkylation sites (tertiary alicyclic amines) is 2. The molecule has 266 valence electrons. The number of anilines is 1. The molecule has 0 radical (unpaired) electrons. The van der Waals surface area contributed by atoms with Crippen molar-refractivity contribution in [2.45, 2.75) is 65.1 Å². The van der Waals surface area contributed by atoms with Gasteiger partial charge in [-0.05, 0) is 118 Å². The van der Waals surface area contributed by atoms with Crippen molar-refractivity contribution < 1.29 is 19.0 Å². The number of rotatable bonds is 9. The highest BCUT2D eigenvalue weighted by Crippen LogP contribution is 2.36. The largest absolute Gasteiger partial charge is 0.490 e. The topological polar surface area (TPSA) is 119 Å². The number of H-pyrrole nitrogens is 1. The zero-order valence-electron chi connectivity index (χ0n) is 29.4. The van der Waals surface area contributed by atoms with E-state index in [4.69, 9.17) is 4.74 Å². The molecule has 4 N–H and O–H groups in total. The molecule has 11 heteroatoms. The number of β-amino-alcohol motifs (C(OH)–C–C–N with tert-alkyl or cyclic N) is 1. The van der Waals surface area contributed by atoms with Crippen LogP contribution in [0.25, 0.3) is 33.5 Å². The van der Waals surface area contributed by atoms with Gasteiger partial charge in [0.15, 0.2) is 0 Å². The highest BCUT2D eigenvalue weighted by atomic mass is 19.1. The Morgan fingerprint density at radius 1 is 1.06 bits per heavy atom. The Bertz CT molecular complexity index is 1780. The van der Waals surface area contributed by atoms with Gasteiger partial charge in [0.05, 0.1) is 11.8 Å². The van der Waals surface area contributed by atoms with Crippen LogP contribution in [0.2, 0.25) is 0 Å². The van der Waals surface area contributed by atoms with Gasteiger partial charge >= 0.3 is 6.03 Å². The van der Waals surface area contributed by atoms with Gasteiger partial charge in [-0.15, -0.1) is 0 Å². The molecule has 0 saturated carbocycles. The standard InChI is InChI=1S/C39H50FN7O3/c1-24(2)16-28-21-47(22-36(28)48)39(49)45-34-18-29(40)17-32(25(34)3)37-33-19-35(44-38(33)43-23-42-37)27-4-6-30(7-5-27)50-31-10-14-46(15-11-31)20-26-8-12-41-13-9-26/h4-7,17-19,23-24,26,28,31,36,41,48H,8-16,20-22H2,1-3H3,(H,45,49)(H,42,43,44). The van der Waals surface area contributed by atoms with Gasteiger partial charge in [0.2, 0.25) is 0 Å². The SMILES string of the molecule is Cc1c(NC(=O)N2CC(O)C(CC(C)C)C2)cc(F)cc1-c1ncnc2[nH]c(-c3ccc(OC4CCN(CC5CCNCC5)CC4)cc3)cc12. The van der Waals surface area contributed by atoms with Crippen LogP contribution >= 0.6 is 0 Å². The quantitative estimate of drug-likeness (QED) is 0.160. The normalized spacial score (nSPS) is 21.0. The van der Waals surface area contributed by atoms with Gasteiger partial charge in [0, 0.05) is 61.0 Å². The van der Waals surface area contributed by atoms with E-state index in [-0.39, 0.29) is 24.6 Å². The lowest BCUT2D eigenvalue weighted by atomic mass is 9.95. The highest BCUT2D eigenvalue weighted by molar-refractivity contribution is 5.97. The number of carbonyl (C=O) groups is 1. The lowest BCUT2D eigenvalue weighted by Crippen LogP contribution is -2.42. The molecule has 2 aromatic heterocycles. The molecule has 3 aliphatic rings. The van der Waals surface area contributed by atoms with E-state index in [1.807, 2.05) is 37.3 Å². The highest BCUT2D eigenvalue weighted by Gasteiger charge is 2.34. The number of nitrogens with zero attached hydrogens (tertiary/aromatic N) is 4. The minimum Gasteiger partial charge on any atom is -0.490 e. The molecule has 0 spiro atoms. The van der Waals surface area contributed by atoms with Crippen molar-refractivity contribution in [1.82, 2.24) is 30.1 Å². The second kappa shape index (κ2) is 15.0. The van der Waals surface area contributed by atoms with Crippen LogP contribution in [0.5, 0.6) is 5.75 Å². The summed E-state index contributed by atoms with van der Waals surface area (Å²) in [4.78, 5) is 29.9. The van der Waals surface area contributed by atoms with E-state index < -0.39 is 11.9 Å². The van der Waals surface area contributed by atoms with E-state index in [0.29, 0.717) is 40.6 Å². The molecule has 0 aliphatic carbocycles. The first-order valence-corrected chi connectivity index (χ1v) is 18.3. The number of aromatic nitrogens is 3. The minimum atomic E-state index is -0.564. The smallest absolute Gasteiger partial charge is 0.321 e. The third-order valence-corrected chi connectivity index (χ3v) is 10.7. The maximum absolute atomic E-state index is 15.1. The fourth-order valence-electron chi connectivity index (χ4n) is 7.96. The van der Waals surface area contributed by atoms with E-state index in [1.165, 1.54) is 37.8 Å². The van der Waals surface area contributed by atoms with Gasteiger partial charge in [-0.2, -0.15) is 0 Å². The molecular formula is C39H50FN7O3. The van der Waals surface area contributed by atoms with Crippen molar-refractivity contribution >= 4 is 22.8 Å². The molecule has 2 atom stereocenters. The van der Waals surface area contributed by atoms with Crippen LogP contribution < -0.4 is 15.4 Å². The molecule has 7 rings (SSSR count). The maximum Gasteiger partial charge on any atom is 0.321 e. The molecule has 2 unspecified atom stereocenters. The van der Waals surface area contributed by atoms with Crippen molar-refractivity contribution in [1.29, 1.82) is 0 Å². The number of halogens is 1. The van der Waals surface area contributed by atoms with E-state index in [1.54, 1.807) is 4.90 Å². The Morgan fingerprint density at radius 2 is 1.82 bits per heavy atom. The first kappa shape index (κ1) is 34.4. The van der Waals surface area contributed by atoms with Gasteiger partial charge in [-0.1, -0.05) is 13.8 Å². The second-order valence-corrected chi connectivity index (χ2v) is 14.9. The number of aliphatic hydroxyl groups excluding tert-OH is 1. The van der Waals surface area contributed by atoms with Gasteiger partial charge in [-0.3, -0.25) is 0 Å². The zero-order valence-corrected chi connectivity index (χ0v) is 29.4. The molecule has 0 bridgehead atoms. The first-order chi connectivity index (χ1) is 24.2. The average Bonchev–Trinajstić information content (AvgIpc) is 3.71. The number of piperidine rings is 2. The number of hydrogen-bond acceptors (Lipinski definition) is 7. The molecule has 4 aromatic rings. The maximum atomic E-state index is 15.1. The number of aromatic amines is 1.